The Morgan fingerprint density at radius 2 is 2.21 bits per heavy atom. The van der Waals surface area contributed by atoms with Crippen molar-refractivity contribution in [3.8, 4) is 0 Å². The Morgan fingerprint density at radius 1 is 1.36 bits per heavy atom. The molecule has 0 amide bonds. The van der Waals surface area contributed by atoms with E-state index in [2.05, 4.69) is 25.6 Å². The number of hydrogen-bond donors (Lipinski definition) is 2. The molecule has 8 heteroatoms. The fraction of sp³-hybridized carbons (Fsp3) is 0.500. The normalized spacial score (nSPS) is 17.6. The quantitative estimate of drug-likeness (QED) is 0.588. The number of aliphatic imine (C=N–C) groups is 1. The molecule has 2 heterocycles. The van der Waals surface area contributed by atoms with E-state index in [0.29, 0.717) is 18.5 Å². The largest absolute Gasteiger partial charge is 0.367 e. The fourth-order valence-corrected chi connectivity index (χ4v) is 3.43. The van der Waals surface area contributed by atoms with Gasteiger partial charge in [-0.15, -0.1) is 0 Å². The molecule has 1 aliphatic rings. The van der Waals surface area contributed by atoms with Gasteiger partial charge in [0.15, 0.2) is 5.96 Å². The van der Waals surface area contributed by atoms with Crippen LogP contribution >= 0.6 is 0 Å². The highest BCUT2D eigenvalue weighted by molar-refractivity contribution is 5.80. The number of guanidine groups is 1. The summed E-state index contributed by atoms with van der Waals surface area (Å²) in [6.45, 7) is 5.08. The summed E-state index contributed by atoms with van der Waals surface area (Å²) < 4.78 is 28.6. The predicted molar refractivity (Wildman–Crippen MR) is 108 cm³/mol. The molecule has 1 fully saturated rings. The molecule has 1 saturated heterocycles. The lowest BCUT2D eigenvalue weighted by Crippen LogP contribution is -2.51. The molecule has 2 N–H and O–H groups in total. The van der Waals surface area contributed by atoms with E-state index < -0.39 is 11.6 Å². The average molecular weight is 390 g/mol. The Hall–Kier alpha value is -2.64. The summed E-state index contributed by atoms with van der Waals surface area (Å²) in [6.07, 6.45) is 6.49. The summed E-state index contributed by atoms with van der Waals surface area (Å²) in [5.41, 5.74) is 1.60. The Labute approximate surface area is 164 Å². The number of nitrogens with zero attached hydrogens (tertiary/aromatic N) is 4. The van der Waals surface area contributed by atoms with E-state index in [-0.39, 0.29) is 6.04 Å². The van der Waals surface area contributed by atoms with Gasteiger partial charge in [-0.2, -0.15) is 5.10 Å². The molecule has 0 aliphatic carbocycles. The molecule has 0 saturated carbocycles. The summed E-state index contributed by atoms with van der Waals surface area (Å²) >= 11 is 0. The number of anilines is 1. The number of halogens is 2. The minimum Gasteiger partial charge on any atom is -0.367 e. The first-order valence-electron chi connectivity index (χ1n) is 9.77. The van der Waals surface area contributed by atoms with Gasteiger partial charge in [-0.25, -0.2) is 8.78 Å². The monoisotopic (exact) mass is 390 g/mol. The number of aryl methyl sites for hydroxylation is 1. The first-order valence-corrected chi connectivity index (χ1v) is 9.77. The highest BCUT2D eigenvalue weighted by atomic mass is 19.1. The van der Waals surface area contributed by atoms with E-state index in [1.165, 1.54) is 12.1 Å². The van der Waals surface area contributed by atoms with Crippen molar-refractivity contribution >= 4 is 11.6 Å². The number of hydrogen-bond acceptors (Lipinski definition) is 3. The highest BCUT2D eigenvalue weighted by Crippen LogP contribution is 2.19. The molecular weight excluding hydrogens is 362 g/mol. The van der Waals surface area contributed by atoms with Gasteiger partial charge < -0.3 is 15.5 Å². The molecule has 3 rings (SSSR count). The third-order valence-electron chi connectivity index (χ3n) is 4.83. The van der Waals surface area contributed by atoms with Gasteiger partial charge in [0.25, 0.3) is 0 Å². The number of aromatic nitrogens is 2. The molecule has 0 radical (unpaired) electrons. The average Bonchev–Trinajstić information content (AvgIpc) is 3.10. The lowest BCUT2D eigenvalue weighted by molar-refractivity contribution is 0.468. The molecule has 1 aromatic carbocycles. The molecule has 1 atom stereocenters. The van der Waals surface area contributed by atoms with Crippen molar-refractivity contribution < 1.29 is 8.78 Å². The van der Waals surface area contributed by atoms with Crippen LogP contribution in [-0.4, -0.2) is 48.0 Å². The first-order chi connectivity index (χ1) is 13.5. The second kappa shape index (κ2) is 9.52. The maximum absolute atomic E-state index is 13.8. The summed E-state index contributed by atoms with van der Waals surface area (Å²) in [4.78, 5) is 6.89. The van der Waals surface area contributed by atoms with Crippen LogP contribution in [0.2, 0.25) is 0 Å². The van der Waals surface area contributed by atoms with E-state index in [9.17, 15) is 8.78 Å². The van der Waals surface area contributed by atoms with Crippen molar-refractivity contribution in [2.24, 2.45) is 12.0 Å². The fourth-order valence-electron chi connectivity index (χ4n) is 3.43. The third kappa shape index (κ3) is 5.43. The zero-order chi connectivity index (χ0) is 19.9. The second-order valence-corrected chi connectivity index (χ2v) is 7.05. The van der Waals surface area contributed by atoms with Crippen LogP contribution < -0.4 is 15.5 Å². The smallest absolute Gasteiger partial charge is 0.191 e. The molecule has 1 aromatic heterocycles. The van der Waals surface area contributed by atoms with Gasteiger partial charge in [-0.05, 0) is 37.8 Å². The number of nitrogens with one attached hydrogen (secondary N) is 2. The van der Waals surface area contributed by atoms with Crippen LogP contribution in [0, 0.1) is 11.6 Å². The van der Waals surface area contributed by atoms with Gasteiger partial charge in [-0.3, -0.25) is 9.67 Å². The first kappa shape index (κ1) is 20.1. The molecule has 152 valence electrons. The summed E-state index contributed by atoms with van der Waals surface area (Å²) in [7, 11) is 1.92. The van der Waals surface area contributed by atoms with Crippen LogP contribution in [0.3, 0.4) is 0 Å². The predicted octanol–water partition coefficient (Wildman–Crippen LogP) is 2.46. The van der Waals surface area contributed by atoms with Crippen LogP contribution in [0.4, 0.5) is 14.5 Å². The molecule has 2 aromatic rings. The Bertz CT molecular complexity index is 804. The maximum atomic E-state index is 13.8. The van der Waals surface area contributed by atoms with Gasteiger partial charge in [0.05, 0.1) is 11.9 Å². The molecule has 1 unspecified atom stereocenters. The molecular formula is C20H28F2N6. The maximum Gasteiger partial charge on any atom is 0.191 e. The third-order valence-corrected chi connectivity index (χ3v) is 4.83. The lowest BCUT2D eigenvalue weighted by atomic mass is 10.1. The second-order valence-electron chi connectivity index (χ2n) is 7.05. The van der Waals surface area contributed by atoms with Gasteiger partial charge in [0.1, 0.15) is 11.6 Å². The van der Waals surface area contributed by atoms with Crippen molar-refractivity contribution in [3.05, 3.63) is 47.8 Å². The van der Waals surface area contributed by atoms with Crippen LogP contribution in [0.15, 0.2) is 35.6 Å². The Kier molecular flexibility index (Phi) is 6.84. The van der Waals surface area contributed by atoms with Gasteiger partial charge in [0, 0.05) is 51.5 Å². The Balaban J connectivity index is 1.57. The zero-order valence-corrected chi connectivity index (χ0v) is 16.5. The van der Waals surface area contributed by atoms with Crippen molar-refractivity contribution in [2.45, 2.75) is 32.2 Å². The number of piperidine rings is 1. The van der Waals surface area contributed by atoms with Crippen molar-refractivity contribution in [3.63, 3.8) is 0 Å². The Morgan fingerprint density at radius 3 is 2.93 bits per heavy atom. The van der Waals surface area contributed by atoms with E-state index in [0.717, 1.165) is 50.2 Å². The summed E-state index contributed by atoms with van der Waals surface area (Å²) in [5, 5.41) is 11.0. The van der Waals surface area contributed by atoms with Crippen LogP contribution in [0.5, 0.6) is 0 Å². The number of benzene rings is 1. The summed E-state index contributed by atoms with van der Waals surface area (Å²) in [6, 6.07) is 3.94. The van der Waals surface area contributed by atoms with Crippen LogP contribution in [-0.2, 0) is 13.5 Å². The van der Waals surface area contributed by atoms with E-state index in [1.807, 2.05) is 31.0 Å². The van der Waals surface area contributed by atoms with Gasteiger partial charge in [0.2, 0.25) is 0 Å². The molecule has 0 bridgehead atoms. The molecule has 0 spiro atoms. The van der Waals surface area contributed by atoms with E-state index in [1.54, 1.807) is 0 Å². The minimum absolute atomic E-state index is 0.273. The zero-order valence-electron chi connectivity index (χ0n) is 16.5. The highest BCUT2D eigenvalue weighted by Gasteiger charge is 2.21. The topological polar surface area (TPSA) is 57.5 Å². The minimum atomic E-state index is -0.560. The molecule has 6 nitrogen and oxygen atoms in total. The van der Waals surface area contributed by atoms with Crippen molar-refractivity contribution in [2.75, 3.05) is 31.1 Å². The van der Waals surface area contributed by atoms with Gasteiger partial charge in [-0.1, -0.05) is 6.07 Å². The molecule has 28 heavy (non-hydrogen) atoms. The van der Waals surface area contributed by atoms with Crippen LogP contribution in [0.25, 0.3) is 0 Å². The molecule has 1 aliphatic heterocycles. The SMILES string of the molecule is CCNC(=NCCc1ccc(F)cc1F)NC1CCCN(c2cnn(C)c2)C1. The number of rotatable bonds is 6. The van der Waals surface area contributed by atoms with Crippen molar-refractivity contribution in [1.82, 2.24) is 20.4 Å². The van der Waals surface area contributed by atoms with Crippen LogP contribution in [0.1, 0.15) is 25.3 Å². The summed E-state index contributed by atoms with van der Waals surface area (Å²) in [5.74, 6) is -0.356. The van der Waals surface area contributed by atoms with Gasteiger partial charge >= 0.3 is 0 Å². The van der Waals surface area contributed by atoms with E-state index >= 15 is 0 Å². The standard InChI is InChI=1S/C20H28F2N6/c1-3-23-20(24-9-8-15-6-7-16(21)11-19(15)22)26-17-5-4-10-28(13-17)18-12-25-27(2)14-18/h6-7,11-12,14,17H,3-5,8-10,13H2,1-2H3,(H2,23,24,26). The van der Waals surface area contributed by atoms with E-state index in [4.69, 9.17) is 0 Å². The van der Waals surface area contributed by atoms with Crippen molar-refractivity contribution in [1.29, 1.82) is 0 Å². The lowest BCUT2D eigenvalue weighted by Gasteiger charge is -2.34.